The van der Waals surface area contributed by atoms with Crippen LogP contribution >= 0.6 is 0 Å². The number of nitrogens with one attached hydrogen (secondary N) is 1. The van der Waals surface area contributed by atoms with Crippen LogP contribution in [0.1, 0.15) is 31.0 Å². The zero-order chi connectivity index (χ0) is 15.4. The summed E-state index contributed by atoms with van der Waals surface area (Å²) >= 11 is 0. The maximum absolute atomic E-state index is 13.3. The SMILES string of the molecule is COc1ccc(F)cc1CN[C@H](C)[C@H](C)n1cc(C)cn1. The lowest BCUT2D eigenvalue weighted by molar-refractivity contribution is 0.359. The fraction of sp³-hybridized carbons (Fsp3) is 0.438. The lowest BCUT2D eigenvalue weighted by Crippen LogP contribution is -2.33. The minimum Gasteiger partial charge on any atom is -0.496 e. The average Bonchev–Trinajstić information content (AvgIpc) is 2.90. The van der Waals surface area contributed by atoms with E-state index in [4.69, 9.17) is 4.74 Å². The van der Waals surface area contributed by atoms with Crippen LogP contribution in [-0.4, -0.2) is 22.9 Å². The van der Waals surface area contributed by atoms with E-state index in [-0.39, 0.29) is 17.9 Å². The predicted octanol–water partition coefficient (Wildman–Crippen LogP) is 3.08. The number of benzene rings is 1. The average molecular weight is 291 g/mol. The molecule has 2 aromatic rings. The van der Waals surface area contributed by atoms with Gasteiger partial charge < -0.3 is 10.1 Å². The van der Waals surface area contributed by atoms with Gasteiger partial charge in [0.25, 0.3) is 0 Å². The first-order chi connectivity index (χ1) is 10.0. The Bertz CT molecular complexity index is 597. The highest BCUT2D eigenvalue weighted by molar-refractivity contribution is 5.33. The van der Waals surface area contributed by atoms with E-state index < -0.39 is 0 Å². The normalized spacial score (nSPS) is 14.0. The van der Waals surface area contributed by atoms with Gasteiger partial charge in [-0.05, 0) is 44.5 Å². The Morgan fingerprint density at radius 2 is 2.14 bits per heavy atom. The topological polar surface area (TPSA) is 39.1 Å². The molecular formula is C16H22FN3O. The van der Waals surface area contributed by atoms with Crippen molar-refractivity contribution in [2.75, 3.05) is 7.11 Å². The van der Waals surface area contributed by atoms with E-state index in [1.54, 1.807) is 13.2 Å². The van der Waals surface area contributed by atoms with E-state index in [1.807, 2.05) is 24.0 Å². The number of halogens is 1. The summed E-state index contributed by atoms with van der Waals surface area (Å²) in [4.78, 5) is 0. The second kappa shape index (κ2) is 6.72. The molecule has 2 rings (SSSR count). The zero-order valence-corrected chi connectivity index (χ0v) is 12.9. The van der Waals surface area contributed by atoms with Crippen LogP contribution in [0.25, 0.3) is 0 Å². The summed E-state index contributed by atoms with van der Waals surface area (Å²) in [5.74, 6) is 0.440. The van der Waals surface area contributed by atoms with Gasteiger partial charge in [-0.2, -0.15) is 5.10 Å². The van der Waals surface area contributed by atoms with Crippen LogP contribution in [0.3, 0.4) is 0 Å². The molecule has 1 aromatic heterocycles. The van der Waals surface area contributed by atoms with Crippen LogP contribution in [0, 0.1) is 12.7 Å². The summed E-state index contributed by atoms with van der Waals surface area (Å²) in [6.07, 6.45) is 3.87. The highest BCUT2D eigenvalue weighted by Crippen LogP contribution is 2.20. The van der Waals surface area contributed by atoms with Gasteiger partial charge in [0, 0.05) is 24.3 Å². The third-order valence-electron chi connectivity index (χ3n) is 3.73. The lowest BCUT2D eigenvalue weighted by atomic mass is 10.1. The van der Waals surface area contributed by atoms with E-state index in [9.17, 15) is 4.39 Å². The first-order valence-corrected chi connectivity index (χ1v) is 7.08. The molecule has 0 fully saturated rings. The summed E-state index contributed by atoms with van der Waals surface area (Å²) in [7, 11) is 1.59. The summed E-state index contributed by atoms with van der Waals surface area (Å²) in [6.45, 7) is 6.76. The molecule has 0 spiro atoms. The largest absolute Gasteiger partial charge is 0.496 e. The van der Waals surface area contributed by atoms with Gasteiger partial charge >= 0.3 is 0 Å². The van der Waals surface area contributed by atoms with Gasteiger partial charge in [0.15, 0.2) is 0 Å². The second-order valence-corrected chi connectivity index (χ2v) is 5.36. The number of nitrogens with zero attached hydrogens (tertiary/aromatic N) is 2. The Morgan fingerprint density at radius 1 is 1.38 bits per heavy atom. The number of methoxy groups -OCH3 is 1. The van der Waals surface area contributed by atoms with Crippen molar-refractivity contribution in [1.82, 2.24) is 15.1 Å². The molecule has 1 heterocycles. The number of rotatable bonds is 6. The van der Waals surface area contributed by atoms with E-state index in [2.05, 4.69) is 24.3 Å². The fourth-order valence-corrected chi connectivity index (χ4v) is 2.21. The van der Waals surface area contributed by atoms with Crippen molar-refractivity contribution in [3.05, 3.63) is 47.5 Å². The Labute approximate surface area is 124 Å². The maximum Gasteiger partial charge on any atom is 0.123 e. The zero-order valence-electron chi connectivity index (χ0n) is 12.9. The molecule has 0 aliphatic carbocycles. The molecule has 2 atom stereocenters. The first-order valence-electron chi connectivity index (χ1n) is 7.08. The van der Waals surface area contributed by atoms with Crippen LogP contribution < -0.4 is 10.1 Å². The van der Waals surface area contributed by atoms with E-state index in [0.717, 1.165) is 11.1 Å². The highest BCUT2D eigenvalue weighted by atomic mass is 19.1. The Morgan fingerprint density at radius 3 is 2.76 bits per heavy atom. The molecule has 0 bridgehead atoms. The second-order valence-electron chi connectivity index (χ2n) is 5.36. The third-order valence-corrected chi connectivity index (χ3v) is 3.73. The van der Waals surface area contributed by atoms with Gasteiger partial charge in [-0.1, -0.05) is 0 Å². The van der Waals surface area contributed by atoms with Crippen molar-refractivity contribution in [2.24, 2.45) is 0 Å². The number of ether oxygens (including phenoxy) is 1. The van der Waals surface area contributed by atoms with Crippen molar-refractivity contribution in [3.63, 3.8) is 0 Å². The van der Waals surface area contributed by atoms with Crippen molar-refractivity contribution in [1.29, 1.82) is 0 Å². The van der Waals surface area contributed by atoms with Gasteiger partial charge in [0.1, 0.15) is 11.6 Å². The molecule has 0 radical (unpaired) electrons. The molecule has 1 aromatic carbocycles. The summed E-state index contributed by atoms with van der Waals surface area (Å²) in [5.41, 5.74) is 1.95. The fourth-order valence-electron chi connectivity index (χ4n) is 2.21. The van der Waals surface area contributed by atoms with E-state index in [1.165, 1.54) is 12.1 Å². The van der Waals surface area contributed by atoms with Gasteiger partial charge in [0.2, 0.25) is 0 Å². The number of aryl methyl sites for hydroxylation is 1. The Balaban J connectivity index is 2.00. The quantitative estimate of drug-likeness (QED) is 0.889. The Kier molecular flexibility index (Phi) is 4.96. The number of hydrogen-bond donors (Lipinski definition) is 1. The number of aromatic nitrogens is 2. The van der Waals surface area contributed by atoms with Gasteiger partial charge in [-0.25, -0.2) is 4.39 Å². The molecule has 0 saturated carbocycles. The van der Waals surface area contributed by atoms with E-state index in [0.29, 0.717) is 12.3 Å². The van der Waals surface area contributed by atoms with Crippen molar-refractivity contribution in [2.45, 2.75) is 39.4 Å². The smallest absolute Gasteiger partial charge is 0.123 e. The minimum absolute atomic E-state index is 0.192. The molecule has 0 amide bonds. The highest BCUT2D eigenvalue weighted by Gasteiger charge is 2.15. The van der Waals surface area contributed by atoms with Crippen molar-refractivity contribution < 1.29 is 9.13 Å². The van der Waals surface area contributed by atoms with Crippen LogP contribution in [0.2, 0.25) is 0 Å². The summed E-state index contributed by atoms with van der Waals surface area (Å²) in [5, 5.41) is 7.73. The molecule has 4 nitrogen and oxygen atoms in total. The molecule has 21 heavy (non-hydrogen) atoms. The van der Waals surface area contributed by atoms with Crippen LogP contribution in [0.15, 0.2) is 30.6 Å². The minimum atomic E-state index is -0.254. The maximum atomic E-state index is 13.3. The van der Waals surface area contributed by atoms with Gasteiger partial charge in [-0.3, -0.25) is 4.68 Å². The van der Waals surface area contributed by atoms with Crippen LogP contribution in [0.4, 0.5) is 4.39 Å². The molecule has 0 aliphatic heterocycles. The lowest BCUT2D eigenvalue weighted by Gasteiger charge is -2.22. The molecule has 0 aliphatic rings. The molecule has 1 N–H and O–H groups in total. The van der Waals surface area contributed by atoms with Crippen LogP contribution in [-0.2, 0) is 6.54 Å². The molecule has 5 heteroatoms. The standard InChI is InChI=1S/C16H22FN3O/c1-11-8-19-20(10-11)13(3)12(2)18-9-14-7-15(17)5-6-16(14)21-4/h5-8,10,12-13,18H,9H2,1-4H3/t12-,13+/m1/s1. The molecular weight excluding hydrogens is 269 g/mol. The summed E-state index contributed by atoms with van der Waals surface area (Å²) in [6, 6.07) is 4.95. The Hall–Kier alpha value is -1.88. The third kappa shape index (κ3) is 3.82. The van der Waals surface area contributed by atoms with Crippen molar-refractivity contribution in [3.8, 4) is 5.75 Å². The monoisotopic (exact) mass is 291 g/mol. The van der Waals surface area contributed by atoms with Crippen molar-refractivity contribution >= 4 is 0 Å². The van der Waals surface area contributed by atoms with Crippen LogP contribution in [0.5, 0.6) is 5.75 Å². The van der Waals surface area contributed by atoms with E-state index >= 15 is 0 Å². The van der Waals surface area contributed by atoms with Gasteiger partial charge in [0.05, 0.1) is 19.3 Å². The van der Waals surface area contributed by atoms with Gasteiger partial charge in [-0.15, -0.1) is 0 Å². The molecule has 0 unspecified atom stereocenters. The molecule has 0 saturated heterocycles. The summed E-state index contributed by atoms with van der Waals surface area (Å²) < 4.78 is 20.5. The molecule has 114 valence electrons. The predicted molar refractivity (Wildman–Crippen MR) is 80.9 cm³/mol. The first kappa shape index (κ1) is 15.5. The number of hydrogen-bond acceptors (Lipinski definition) is 3.